The Morgan fingerprint density at radius 1 is 0.405 bits per heavy atom. The molecule has 4 aromatic heterocycles. The first kappa shape index (κ1) is 41.1. The van der Waals surface area contributed by atoms with E-state index < -0.39 is 6.17 Å². The van der Waals surface area contributed by atoms with Gasteiger partial charge in [-0.05, 0) is 106 Å². The molecule has 0 saturated heterocycles. The van der Waals surface area contributed by atoms with E-state index in [4.69, 9.17) is 18.8 Å². The van der Waals surface area contributed by atoms with E-state index in [9.17, 15) is 0 Å². The zero-order valence-electron chi connectivity index (χ0n) is 39.6. The fourth-order valence-corrected chi connectivity index (χ4v) is 12.8. The van der Waals surface area contributed by atoms with Crippen molar-refractivity contribution in [2.75, 3.05) is 0 Å². The summed E-state index contributed by atoms with van der Waals surface area (Å²) in [4.78, 5) is 11.1. The maximum absolute atomic E-state index is 6.46. The van der Waals surface area contributed by atoms with Gasteiger partial charge in [0.25, 0.3) is 0 Å². The van der Waals surface area contributed by atoms with Crippen molar-refractivity contribution in [1.82, 2.24) is 9.88 Å². The fourth-order valence-electron chi connectivity index (χ4n) is 11.7. The van der Waals surface area contributed by atoms with Crippen molar-refractivity contribution in [1.29, 1.82) is 0 Å². The number of benzene rings is 11. The normalized spacial score (nSPS) is 14.1. The van der Waals surface area contributed by atoms with Gasteiger partial charge in [0, 0.05) is 69.2 Å². The van der Waals surface area contributed by atoms with E-state index in [1.54, 1.807) is 0 Å². The third-order valence-corrected chi connectivity index (χ3v) is 16.2. The predicted octanol–water partition coefficient (Wildman–Crippen LogP) is 17.9. The number of hydrogen-bond donors (Lipinski definition) is 1. The highest BCUT2D eigenvalue weighted by molar-refractivity contribution is 7.25. The van der Waals surface area contributed by atoms with Gasteiger partial charge in [0.15, 0.2) is 5.84 Å². The monoisotopic (exact) mass is 964 g/mol. The minimum atomic E-state index is -0.537. The average Bonchev–Trinajstić information content (AvgIpc) is 4.24. The van der Waals surface area contributed by atoms with Crippen LogP contribution in [0.15, 0.2) is 249 Å². The van der Waals surface area contributed by atoms with Gasteiger partial charge in [-0.1, -0.05) is 158 Å². The van der Waals surface area contributed by atoms with Crippen LogP contribution in [0.2, 0.25) is 0 Å². The van der Waals surface area contributed by atoms with Gasteiger partial charge < -0.3 is 18.7 Å². The van der Waals surface area contributed by atoms with Crippen LogP contribution in [-0.2, 0) is 0 Å². The van der Waals surface area contributed by atoms with E-state index >= 15 is 0 Å². The molecule has 11 aromatic carbocycles. The van der Waals surface area contributed by atoms with Crippen molar-refractivity contribution in [2.45, 2.75) is 6.17 Å². The molecule has 7 heteroatoms. The standard InChI is InChI=1S/C67H40N4O2S/c1-2-15-39(16-3-1)44-22-12-25-54-62(44)52-35-40-17-4-5-18-41(40)38-55(52)71(54)53-33-31-43(37-50(53)42-32-34-61-51(36-42)45-19-8-11-30-60(45)74-61)65-68-66(48-23-13-28-58-63(48)46-20-6-9-26-56(46)72-58)70-67(69-65)49-24-14-29-59-64(49)47-21-7-10-27-57(47)73-59/h1-38,65H,(H,68,69,70). The molecule has 0 fully saturated rings. The maximum atomic E-state index is 6.46. The van der Waals surface area contributed by atoms with Gasteiger partial charge in [0.05, 0.1) is 16.7 Å². The van der Waals surface area contributed by atoms with Crippen LogP contribution in [0.25, 0.3) is 125 Å². The second-order valence-corrected chi connectivity index (χ2v) is 20.3. The lowest BCUT2D eigenvalue weighted by molar-refractivity contribution is 0.667. The molecule has 1 unspecified atom stereocenters. The van der Waals surface area contributed by atoms with Crippen molar-refractivity contribution < 1.29 is 8.83 Å². The molecule has 16 rings (SSSR count). The summed E-state index contributed by atoms with van der Waals surface area (Å²) in [6.45, 7) is 0. The van der Waals surface area contributed by atoms with Crippen molar-refractivity contribution in [3.8, 4) is 27.9 Å². The fraction of sp³-hybridized carbons (Fsp3) is 0.0149. The highest BCUT2D eigenvalue weighted by Crippen LogP contribution is 2.45. The van der Waals surface area contributed by atoms with E-state index in [-0.39, 0.29) is 0 Å². The summed E-state index contributed by atoms with van der Waals surface area (Å²) >= 11 is 1.84. The second kappa shape index (κ2) is 16.0. The Balaban J connectivity index is 0.967. The molecular formula is C67H40N4O2S. The van der Waals surface area contributed by atoms with E-state index in [1.165, 1.54) is 52.8 Å². The lowest BCUT2D eigenvalue weighted by Crippen LogP contribution is -2.33. The summed E-state index contributed by atoms with van der Waals surface area (Å²) in [6.07, 6.45) is -0.537. The molecular weight excluding hydrogens is 925 g/mol. The van der Waals surface area contributed by atoms with Crippen LogP contribution in [0, 0.1) is 0 Å². The largest absolute Gasteiger partial charge is 0.456 e. The number of fused-ring (bicyclic) bond motifs is 13. The minimum Gasteiger partial charge on any atom is -0.456 e. The van der Waals surface area contributed by atoms with Gasteiger partial charge in [-0.25, -0.2) is 9.98 Å². The van der Waals surface area contributed by atoms with Crippen LogP contribution in [0.4, 0.5) is 0 Å². The molecule has 15 aromatic rings. The number of aromatic nitrogens is 1. The summed E-state index contributed by atoms with van der Waals surface area (Å²) in [7, 11) is 0. The third-order valence-electron chi connectivity index (χ3n) is 15.1. The van der Waals surface area contributed by atoms with E-state index in [0.29, 0.717) is 11.7 Å². The van der Waals surface area contributed by atoms with Crippen molar-refractivity contribution in [3.63, 3.8) is 0 Å². The zero-order chi connectivity index (χ0) is 48.4. The SMILES string of the molecule is c1ccc(-c2cccc3c2c2cc4ccccc4cc2n3-c2ccc(C3N=C(c4cccc5oc6ccccc6c45)N=C(c4cccc5oc6ccccc6c45)N3)cc2-c2ccc3sc4ccccc4c3c2)cc1. The van der Waals surface area contributed by atoms with E-state index in [2.05, 4.69) is 192 Å². The number of aliphatic imine (C=N–C) groups is 2. The van der Waals surface area contributed by atoms with Crippen LogP contribution in [0.3, 0.4) is 0 Å². The molecule has 74 heavy (non-hydrogen) atoms. The van der Waals surface area contributed by atoms with Crippen molar-refractivity contribution in [2.24, 2.45) is 9.98 Å². The lowest BCUT2D eigenvalue weighted by Gasteiger charge is -2.25. The molecule has 6 nitrogen and oxygen atoms in total. The summed E-state index contributed by atoms with van der Waals surface area (Å²) in [5.41, 5.74) is 14.0. The number of rotatable bonds is 6. The number of nitrogens with zero attached hydrogens (tertiary/aromatic N) is 3. The van der Waals surface area contributed by atoms with Crippen LogP contribution in [0.1, 0.15) is 22.9 Å². The van der Waals surface area contributed by atoms with Crippen LogP contribution >= 0.6 is 11.3 Å². The Morgan fingerprint density at radius 3 is 1.84 bits per heavy atom. The molecule has 1 N–H and O–H groups in total. The van der Waals surface area contributed by atoms with Crippen LogP contribution in [-0.4, -0.2) is 16.2 Å². The van der Waals surface area contributed by atoms with Crippen LogP contribution < -0.4 is 5.32 Å². The Kier molecular flexibility index (Phi) is 8.87. The van der Waals surface area contributed by atoms with Gasteiger partial charge in [0.1, 0.15) is 34.3 Å². The molecule has 346 valence electrons. The summed E-state index contributed by atoms with van der Waals surface area (Å²) < 4.78 is 17.9. The van der Waals surface area contributed by atoms with E-state index in [1.807, 2.05) is 59.9 Å². The summed E-state index contributed by atoms with van der Waals surface area (Å²) in [6, 6.07) is 82.4. The molecule has 0 bridgehead atoms. The van der Waals surface area contributed by atoms with Crippen LogP contribution in [0.5, 0.6) is 0 Å². The number of hydrogen-bond acceptors (Lipinski definition) is 6. The van der Waals surface area contributed by atoms with Gasteiger partial charge in [-0.2, -0.15) is 0 Å². The van der Waals surface area contributed by atoms with Crippen molar-refractivity contribution in [3.05, 3.63) is 247 Å². The molecule has 0 amide bonds. The number of para-hydroxylation sites is 2. The first-order valence-electron chi connectivity index (χ1n) is 25.0. The van der Waals surface area contributed by atoms with E-state index in [0.717, 1.165) is 88.4 Å². The molecule has 5 heterocycles. The minimum absolute atomic E-state index is 0.537. The topological polar surface area (TPSA) is 68.0 Å². The third kappa shape index (κ3) is 6.23. The molecule has 0 saturated carbocycles. The Morgan fingerprint density at radius 2 is 1.04 bits per heavy atom. The Labute approximate surface area is 427 Å². The molecule has 0 spiro atoms. The molecule has 0 radical (unpaired) electrons. The summed E-state index contributed by atoms with van der Waals surface area (Å²) in [5, 5.41) is 15.3. The highest BCUT2D eigenvalue weighted by atomic mass is 32.1. The first-order valence-corrected chi connectivity index (χ1v) is 25.8. The molecule has 1 aliphatic rings. The second-order valence-electron chi connectivity index (χ2n) is 19.2. The molecule has 0 aliphatic carbocycles. The molecule has 1 atom stereocenters. The smallest absolute Gasteiger partial charge is 0.160 e. The van der Waals surface area contributed by atoms with Crippen molar-refractivity contribution >= 4 is 120 Å². The maximum Gasteiger partial charge on any atom is 0.160 e. The Hall–Kier alpha value is -9.56. The number of nitrogens with one attached hydrogen (secondary N) is 1. The van der Waals surface area contributed by atoms with Gasteiger partial charge in [0.2, 0.25) is 0 Å². The summed E-state index contributed by atoms with van der Waals surface area (Å²) in [5.74, 6) is 1.33. The average molecular weight is 965 g/mol. The predicted molar refractivity (Wildman–Crippen MR) is 308 cm³/mol. The molecule has 1 aliphatic heterocycles. The number of thiophene rings is 1. The van der Waals surface area contributed by atoms with Gasteiger partial charge in [-0.15, -0.1) is 11.3 Å². The first-order chi connectivity index (χ1) is 36.7. The number of furan rings is 2. The zero-order valence-corrected chi connectivity index (χ0v) is 40.4. The number of amidine groups is 2. The highest BCUT2D eigenvalue weighted by Gasteiger charge is 2.28. The quantitative estimate of drug-likeness (QED) is 0.181. The Bertz CT molecular complexity index is 4900. The lowest BCUT2D eigenvalue weighted by atomic mass is 9.97. The van der Waals surface area contributed by atoms with Gasteiger partial charge in [-0.3, -0.25) is 0 Å². The van der Waals surface area contributed by atoms with Gasteiger partial charge >= 0.3 is 0 Å².